The van der Waals surface area contributed by atoms with Gasteiger partial charge in [-0.25, -0.2) is 0 Å². The lowest BCUT2D eigenvalue weighted by Gasteiger charge is -2.67. The normalized spacial score (nSPS) is 51.4. The monoisotopic (exact) mass is 1120 g/mol. The zero-order chi connectivity index (χ0) is 57.5. The zero-order valence-corrected chi connectivity index (χ0v) is 46.1. The van der Waals surface area contributed by atoms with Gasteiger partial charge in [0.05, 0.1) is 50.3 Å². The molecule has 4 heterocycles. The van der Waals surface area contributed by atoms with Crippen molar-refractivity contribution in [1.82, 2.24) is 0 Å². The number of ether oxygens (including phenoxy) is 8. The van der Waals surface area contributed by atoms with Gasteiger partial charge in [0.15, 0.2) is 25.2 Å². The van der Waals surface area contributed by atoms with Gasteiger partial charge >= 0.3 is 0 Å². The molecular formula is C54H92O24. The number of hydrogen-bond donors (Lipinski definition) is 16. The van der Waals surface area contributed by atoms with Crippen molar-refractivity contribution >= 4 is 0 Å². The first-order chi connectivity index (χ1) is 36.5. The van der Waals surface area contributed by atoms with E-state index in [9.17, 15) is 81.7 Å². The average Bonchev–Trinajstić information content (AvgIpc) is 2.50. The molecule has 7 fully saturated rings. The first kappa shape index (κ1) is 62.8. The van der Waals surface area contributed by atoms with Crippen LogP contribution in [0, 0.1) is 45.3 Å². The summed E-state index contributed by atoms with van der Waals surface area (Å²) in [5.41, 5.74) is -2.17. The van der Waals surface area contributed by atoms with Crippen LogP contribution in [0.3, 0.4) is 0 Å². The molecule has 0 bridgehead atoms. The summed E-state index contributed by atoms with van der Waals surface area (Å²) in [5, 5.41) is 172. The maximum Gasteiger partial charge on any atom is 0.187 e. The molecule has 0 aromatic heterocycles. The van der Waals surface area contributed by atoms with E-state index >= 15 is 0 Å². The van der Waals surface area contributed by atoms with E-state index in [-0.39, 0.29) is 40.9 Å². The van der Waals surface area contributed by atoms with E-state index < -0.39 is 184 Å². The van der Waals surface area contributed by atoms with Gasteiger partial charge in [0.25, 0.3) is 0 Å². The van der Waals surface area contributed by atoms with Crippen LogP contribution in [0.25, 0.3) is 0 Å². The molecule has 0 amide bonds. The van der Waals surface area contributed by atoms with Crippen molar-refractivity contribution in [3.63, 3.8) is 0 Å². The third kappa shape index (κ3) is 10.8. The van der Waals surface area contributed by atoms with Crippen molar-refractivity contribution in [2.24, 2.45) is 45.3 Å². The molecule has 8 aliphatic rings. The summed E-state index contributed by atoms with van der Waals surface area (Å²) >= 11 is 0. The van der Waals surface area contributed by atoms with Gasteiger partial charge in [-0.3, -0.25) is 0 Å². The van der Waals surface area contributed by atoms with Crippen LogP contribution in [0.1, 0.15) is 107 Å². The standard InChI is InChI=1S/C54H92O24/c1-22(9-13-33(51(4,5)70)76-49-45(40(66)36(62)28(20-57)74-49)78-47-42(68)39(65)35(61)27(19-56)72-47)23-15-16-52(6)30-12-10-24-25(54(30,8)31(59)17-53(23,52)7)11-14-32(50(24,2)3)75-48-43(69)44(37(63)29(21-58)73-48)77-46-41(67)38(64)34(60)26(18-55)71-46/h10,22-23,25-49,55-70H,9,11-21H2,1-8H3/t22-,23?,25?,26-,27-,28-,29-,30?,31-,32+,33-,34-,35-,36-,37-,38+,39+,40+,41-,42-,43-,44+,45-,46+,47+,48+,49+,52+,53-,54+/m1/s1. The Hall–Kier alpha value is -1.22. The van der Waals surface area contributed by atoms with Gasteiger partial charge < -0.3 is 120 Å². The van der Waals surface area contributed by atoms with Crippen LogP contribution in [0.5, 0.6) is 0 Å². The molecule has 452 valence electrons. The molecule has 4 aliphatic carbocycles. The summed E-state index contributed by atoms with van der Waals surface area (Å²) in [7, 11) is 0. The minimum absolute atomic E-state index is 0.0418. The molecule has 8 rings (SSSR count). The minimum atomic E-state index is -1.86. The number of rotatable bonds is 17. The van der Waals surface area contributed by atoms with E-state index in [2.05, 4.69) is 47.6 Å². The van der Waals surface area contributed by atoms with E-state index in [4.69, 9.17) is 37.9 Å². The molecule has 78 heavy (non-hydrogen) atoms. The van der Waals surface area contributed by atoms with Crippen LogP contribution in [0.4, 0.5) is 0 Å². The van der Waals surface area contributed by atoms with E-state index in [1.54, 1.807) is 13.8 Å². The Bertz CT molecular complexity index is 2030. The molecule has 4 saturated heterocycles. The van der Waals surface area contributed by atoms with Crippen LogP contribution in [-0.2, 0) is 37.9 Å². The van der Waals surface area contributed by atoms with Crippen molar-refractivity contribution in [2.45, 2.75) is 253 Å². The third-order valence-electron chi connectivity index (χ3n) is 20.8. The SMILES string of the molecule is C[C@H](CC[C@@H](O[C@@H]1O[C@H](CO)[C@@H](O)[C@H](O)[C@H]1O[C@@H]1O[C@H](CO)[C@@H](O)[C@H](O)[C@H]1O)C(C)(C)O)C1CC[C@@]2(C)C3CC=C4C(CC[C@H](O[C@@H]5O[C@H](CO)[C@@H](O)[C@H](O[C@@H]6O[C@H](CO)[C@@H](O)[C@H](O)[C@H]6O)[C@H]5O)C4(C)C)[C@]3(C)[C@H](O)C[C@]12C. The highest BCUT2D eigenvalue weighted by atomic mass is 16.8. The molecule has 0 aromatic rings. The number of fused-ring (bicyclic) bond motifs is 5. The molecule has 0 aromatic carbocycles. The summed E-state index contributed by atoms with van der Waals surface area (Å²) < 4.78 is 47.7. The summed E-state index contributed by atoms with van der Waals surface area (Å²) in [6.07, 6.45) is -27.4. The number of aliphatic hydroxyl groups is 16. The lowest BCUT2D eigenvalue weighted by Crippen LogP contribution is -2.66. The molecule has 24 nitrogen and oxygen atoms in total. The van der Waals surface area contributed by atoms with E-state index in [1.165, 1.54) is 0 Å². The highest BCUT2D eigenvalue weighted by Gasteiger charge is 2.70. The molecule has 30 atom stereocenters. The van der Waals surface area contributed by atoms with Gasteiger partial charge in [-0.05, 0) is 99.7 Å². The number of hydrogen-bond acceptors (Lipinski definition) is 24. The lowest BCUT2D eigenvalue weighted by molar-refractivity contribution is -0.375. The Labute approximate surface area is 455 Å². The zero-order valence-electron chi connectivity index (χ0n) is 46.1. The van der Waals surface area contributed by atoms with Gasteiger partial charge in [0.1, 0.15) is 97.7 Å². The summed E-state index contributed by atoms with van der Waals surface area (Å²) in [4.78, 5) is 0. The maximum atomic E-state index is 12.7. The second kappa shape index (κ2) is 23.7. The smallest absolute Gasteiger partial charge is 0.187 e. The third-order valence-corrected chi connectivity index (χ3v) is 20.8. The van der Waals surface area contributed by atoms with E-state index in [1.807, 2.05) is 0 Å². The summed E-state index contributed by atoms with van der Waals surface area (Å²) in [5.74, 6) is 0.206. The van der Waals surface area contributed by atoms with Crippen LogP contribution in [0.2, 0.25) is 0 Å². The van der Waals surface area contributed by atoms with Crippen molar-refractivity contribution in [3.8, 4) is 0 Å². The number of allylic oxidation sites excluding steroid dienone is 1. The summed E-state index contributed by atoms with van der Waals surface area (Å²) in [6, 6.07) is 0. The van der Waals surface area contributed by atoms with Crippen LogP contribution >= 0.6 is 0 Å². The molecule has 0 radical (unpaired) electrons. The van der Waals surface area contributed by atoms with Crippen LogP contribution < -0.4 is 0 Å². The van der Waals surface area contributed by atoms with Gasteiger partial charge in [0, 0.05) is 10.8 Å². The second-order valence-corrected chi connectivity index (χ2v) is 25.8. The first-order valence-electron chi connectivity index (χ1n) is 28.0. The van der Waals surface area contributed by atoms with Crippen LogP contribution in [0.15, 0.2) is 11.6 Å². The Morgan fingerprint density at radius 2 is 1.05 bits per heavy atom. The van der Waals surface area contributed by atoms with Gasteiger partial charge in [-0.15, -0.1) is 0 Å². The summed E-state index contributed by atoms with van der Waals surface area (Å²) in [6.45, 7) is 13.4. The predicted molar refractivity (Wildman–Crippen MR) is 268 cm³/mol. The van der Waals surface area contributed by atoms with Gasteiger partial charge in [-0.2, -0.15) is 0 Å². The molecule has 16 N–H and O–H groups in total. The highest BCUT2D eigenvalue weighted by Crippen LogP contribution is 2.75. The first-order valence-corrected chi connectivity index (χ1v) is 28.0. The van der Waals surface area contributed by atoms with E-state index in [0.29, 0.717) is 32.1 Å². The highest BCUT2D eigenvalue weighted by molar-refractivity contribution is 5.32. The topological polar surface area (TPSA) is 398 Å². The molecular weight excluding hydrogens is 1030 g/mol. The van der Waals surface area contributed by atoms with E-state index in [0.717, 1.165) is 18.4 Å². The lowest BCUT2D eigenvalue weighted by atomic mass is 9.38. The number of aliphatic hydroxyl groups excluding tert-OH is 15. The molecule has 3 unspecified atom stereocenters. The largest absolute Gasteiger partial charge is 0.394 e. The minimum Gasteiger partial charge on any atom is -0.394 e. The van der Waals surface area contributed by atoms with Crippen molar-refractivity contribution in [3.05, 3.63) is 11.6 Å². The Balaban J connectivity index is 0.957. The fraction of sp³-hybridized carbons (Fsp3) is 0.963. The average molecular weight is 1130 g/mol. The Morgan fingerprint density at radius 3 is 1.58 bits per heavy atom. The fourth-order valence-corrected chi connectivity index (χ4v) is 15.7. The molecule has 0 spiro atoms. The maximum absolute atomic E-state index is 12.7. The van der Waals surface area contributed by atoms with Gasteiger partial charge in [0.2, 0.25) is 0 Å². The quantitative estimate of drug-likeness (QED) is 0.0637. The molecule has 24 heteroatoms. The second-order valence-electron chi connectivity index (χ2n) is 25.8. The Kier molecular flexibility index (Phi) is 19.1. The van der Waals surface area contributed by atoms with Crippen LogP contribution in [-0.4, -0.2) is 255 Å². The molecule has 3 saturated carbocycles. The fourth-order valence-electron chi connectivity index (χ4n) is 15.7. The Morgan fingerprint density at radius 1 is 0.564 bits per heavy atom. The predicted octanol–water partition coefficient (Wildman–Crippen LogP) is -3.23. The van der Waals surface area contributed by atoms with Crippen molar-refractivity contribution in [1.29, 1.82) is 0 Å². The van der Waals surface area contributed by atoms with Crippen molar-refractivity contribution in [2.75, 3.05) is 26.4 Å². The molecule has 4 aliphatic heterocycles. The van der Waals surface area contributed by atoms with Gasteiger partial charge in [-0.1, -0.05) is 53.2 Å². The van der Waals surface area contributed by atoms with Crippen molar-refractivity contribution < 1.29 is 120 Å².